The van der Waals surface area contributed by atoms with Gasteiger partial charge in [0, 0.05) is 12.1 Å². The third-order valence-electron chi connectivity index (χ3n) is 2.75. The first-order chi connectivity index (χ1) is 6.11. The Morgan fingerprint density at radius 3 is 2.69 bits per heavy atom. The topological polar surface area (TPSA) is 30.0 Å². The number of aromatic nitrogens is 1. The fourth-order valence-corrected chi connectivity index (χ4v) is 1.60. The predicted octanol–water partition coefficient (Wildman–Crippen LogP) is 2.31. The van der Waals surface area contributed by atoms with E-state index in [1.54, 1.807) is 12.3 Å². The second-order valence-electron chi connectivity index (χ2n) is 4.32. The lowest BCUT2D eigenvalue weighted by atomic mass is 10.1. The van der Waals surface area contributed by atoms with Crippen LogP contribution in [0.3, 0.4) is 0 Å². The highest BCUT2D eigenvalue weighted by Crippen LogP contribution is 2.52. The van der Waals surface area contributed by atoms with Gasteiger partial charge < -0.3 is 0 Å². The van der Waals surface area contributed by atoms with Gasteiger partial charge in [-0.1, -0.05) is 19.9 Å². The monoisotopic (exact) mass is 175 g/mol. The molecule has 1 saturated carbocycles. The number of carbonyl (C=O) groups excluding carboxylic acids is 1. The summed E-state index contributed by atoms with van der Waals surface area (Å²) >= 11 is 0. The number of hydrogen-bond acceptors (Lipinski definition) is 2. The van der Waals surface area contributed by atoms with Gasteiger partial charge in [-0.05, 0) is 24.0 Å². The summed E-state index contributed by atoms with van der Waals surface area (Å²) in [5.41, 5.74) is 0.812. The Bertz CT molecular complexity index is 329. The molecule has 1 fully saturated rings. The average molecular weight is 175 g/mol. The smallest absolute Gasteiger partial charge is 0.184 e. The van der Waals surface area contributed by atoms with Crippen LogP contribution < -0.4 is 0 Å². The fraction of sp³-hybridized carbons (Fsp3) is 0.455. The minimum Gasteiger partial charge on any atom is -0.292 e. The van der Waals surface area contributed by atoms with Crippen molar-refractivity contribution < 1.29 is 4.79 Å². The van der Waals surface area contributed by atoms with Crippen LogP contribution in [0.15, 0.2) is 24.4 Å². The molecule has 2 nitrogen and oxygen atoms in total. The quantitative estimate of drug-likeness (QED) is 0.645. The highest BCUT2D eigenvalue weighted by atomic mass is 16.1. The molecule has 1 aromatic rings. The molecule has 2 rings (SSSR count). The van der Waals surface area contributed by atoms with Gasteiger partial charge in [0.25, 0.3) is 0 Å². The van der Waals surface area contributed by atoms with Crippen LogP contribution in [-0.4, -0.2) is 10.8 Å². The molecule has 68 valence electrons. The maximum Gasteiger partial charge on any atom is 0.184 e. The van der Waals surface area contributed by atoms with Gasteiger partial charge in [0.2, 0.25) is 0 Å². The first-order valence-corrected chi connectivity index (χ1v) is 4.56. The summed E-state index contributed by atoms with van der Waals surface area (Å²) in [5, 5.41) is 0. The summed E-state index contributed by atoms with van der Waals surface area (Å²) in [4.78, 5) is 15.8. The lowest BCUT2D eigenvalue weighted by molar-refractivity contribution is 0.0948. The van der Waals surface area contributed by atoms with Crippen molar-refractivity contribution in [2.45, 2.75) is 20.3 Å². The van der Waals surface area contributed by atoms with Gasteiger partial charge in [-0.2, -0.15) is 0 Å². The van der Waals surface area contributed by atoms with E-state index in [0.29, 0.717) is 5.69 Å². The van der Waals surface area contributed by atoms with Crippen LogP contribution >= 0.6 is 0 Å². The van der Waals surface area contributed by atoms with E-state index < -0.39 is 0 Å². The van der Waals surface area contributed by atoms with Crippen LogP contribution in [0.1, 0.15) is 30.8 Å². The van der Waals surface area contributed by atoms with Gasteiger partial charge in [0.1, 0.15) is 5.69 Å². The van der Waals surface area contributed by atoms with Crippen molar-refractivity contribution in [1.82, 2.24) is 4.98 Å². The zero-order chi connectivity index (χ0) is 9.47. The van der Waals surface area contributed by atoms with Crippen LogP contribution in [-0.2, 0) is 0 Å². The first kappa shape index (κ1) is 8.42. The Morgan fingerprint density at radius 2 is 2.23 bits per heavy atom. The van der Waals surface area contributed by atoms with E-state index in [1.807, 2.05) is 12.1 Å². The van der Waals surface area contributed by atoms with E-state index in [2.05, 4.69) is 18.8 Å². The zero-order valence-electron chi connectivity index (χ0n) is 7.95. The molecule has 2 heteroatoms. The molecule has 1 aliphatic carbocycles. The standard InChI is InChI=1S/C11H13NO/c1-11(2)7-8(11)10(13)9-5-3-4-6-12-9/h3-6,8H,7H2,1-2H3. The normalized spacial score (nSPS) is 24.0. The van der Waals surface area contributed by atoms with E-state index in [0.717, 1.165) is 6.42 Å². The van der Waals surface area contributed by atoms with Crippen LogP contribution in [0.5, 0.6) is 0 Å². The third kappa shape index (κ3) is 1.48. The van der Waals surface area contributed by atoms with Gasteiger partial charge in [-0.25, -0.2) is 0 Å². The number of hydrogen-bond donors (Lipinski definition) is 0. The average Bonchev–Trinajstić information content (AvgIpc) is 2.76. The molecule has 0 radical (unpaired) electrons. The van der Waals surface area contributed by atoms with E-state index in [4.69, 9.17) is 0 Å². The second-order valence-corrected chi connectivity index (χ2v) is 4.32. The van der Waals surface area contributed by atoms with Gasteiger partial charge in [-0.15, -0.1) is 0 Å². The van der Waals surface area contributed by atoms with Gasteiger partial charge in [0.05, 0.1) is 0 Å². The Balaban J connectivity index is 2.17. The van der Waals surface area contributed by atoms with Gasteiger partial charge in [-0.3, -0.25) is 9.78 Å². The minimum absolute atomic E-state index is 0.197. The van der Waals surface area contributed by atoms with Crippen molar-refractivity contribution in [3.05, 3.63) is 30.1 Å². The Morgan fingerprint density at radius 1 is 1.54 bits per heavy atom. The molecule has 1 aromatic heterocycles. The van der Waals surface area contributed by atoms with E-state index >= 15 is 0 Å². The lowest BCUT2D eigenvalue weighted by Crippen LogP contribution is -2.07. The highest BCUT2D eigenvalue weighted by Gasteiger charge is 2.50. The maximum atomic E-state index is 11.8. The largest absolute Gasteiger partial charge is 0.292 e. The highest BCUT2D eigenvalue weighted by molar-refractivity contribution is 5.98. The number of pyridine rings is 1. The molecule has 0 aromatic carbocycles. The first-order valence-electron chi connectivity index (χ1n) is 4.56. The summed E-state index contributed by atoms with van der Waals surface area (Å²) < 4.78 is 0. The number of carbonyl (C=O) groups is 1. The SMILES string of the molecule is CC1(C)CC1C(=O)c1ccccn1. The van der Waals surface area contributed by atoms with E-state index in [1.165, 1.54) is 0 Å². The van der Waals surface area contributed by atoms with Crippen molar-refractivity contribution >= 4 is 5.78 Å². The number of nitrogens with zero attached hydrogens (tertiary/aromatic N) is 1. The van der Waals surface area contributed by atoms with Crippen molar-refractivity contribution in [3.8, 4) is 0 Å². The van der Waals surface area contributed by atoms with Crippen molar-refractivity contribution in [2.75, 3.05) is 0 Å². The second kappa shape index (κ2) is 2.66. The van der Waals surface area contributed by atoms with Gasteiger partial charge >= 0.3 is 0 Å². The summed E-state index contributed by atoms with van der Waals surface area (Å²) in [6.45, 7) is 4.25. The summed E-state index contributed by atoms with van der Waals surface area (Å²) in [6.07, 6.45) is 2.67. The van der Waals surface area contributed by atoms with E-state index in [9.17, 15) is 4.79 Å². The zero-order valence-corrected chi connectivity index (χ0v) is 7.95. The predicted molar refractivity (Wildman–Crippen MR) is 50.5 cm³/mol. The number of rotatable bonds is 2. The van der Waals surface area contributed by atoms with Crippen molar-refractivity contribution in [2.24, 2.45) is 11.3 Å². The Hall–Kier alpha value is -1.18. The van der Waals surface area contributed by atoms with Crippen LogP contribution in [0.2, 0.25) is 0 Å². The molecule has 0 spiro atoms. The Labute approximate surface area is 78.0 Å². The number of Topliss-reactive ketones (excluding diaryl/α,β-unsaturated/α-hetero) is 1. The number of ketones is 1. The molecule has 1 aliphatic rings. The molecule has 1 atom stereocenters. The van der Waals surface area contributed by atoms with Crippen molar-refractivity contribution in [1.29, 1.82) is 0 Å². The van der Waals surface area contributed by atoms with Crippen LogP contribution in [0.25, 0.3) is 0 Å². The Kier molecular flexibility index (Phi) is 1.72. The molecule has 0 amide bonds. The summed E-state index contributed by atoms with van der Waals surface area (Å²) in [7, 11) is 0. The molecule has 0 aliphatic heterocycles. The molecule has 0 N–H and O–H groups in total. The third-order valence-corrected chi connectivity index (χ3v) is 2.75. The molecular formula is C11H13NO. The summed E-state index contributed by atoms with van der Waals surface area (Å²) in [6, 6.07) is 5.47. The summed E-state index contributed by atoms with van der Waals surface area (Å²) in [5.74, 6) is 0.396. The minimum atomic E-state index is 0.197. The fourth-order valence-electron chi connectivity index (χ4n) is 1.60. The molecule has 1 heterocycles. The van der Waals surface area contributed by atoms with Crippen molar-refractivity contribution in [3.63, 3.8) is 0 Å². The molecule has 13 heavy (non-hydrogen) atoms. The van der Waals surface area contributed by atoms with Crippen LogP contribution in [0.4, 0.5) is 0 Å². The van der Waals surface area contributed by atoms with Crippen LogP contribution in [0, 0.1) is 11.3 Å². The van der Waals surface area contributed by atoms with Gasteiger partial charge in [0.15, 0.2) is 5.78 Å². The molecule has 0 saturated heterocycles. The van der Waals surface area contributed by atoms with E-state index in [-0.39, 0.29) is 17.1 Å². The maximum absolute atomic E-state index is 11.8. The molecule has 1 unspecified atom stereocenters. The lowest BCUT2D eigenvalue weighted by Gasteiger charge is -2.01. The molecular weight excluding hydrogens is 162 g/mol. The molecule has 0 bridgehead atoms.